The van der Waals surface area contributed by atoms with Crippen LogP contribution in [-0.4, -0.2) is 77.1 Å². The lowest BCUT2D eigenvalue weighted by Gasteiger charge is -2.35. The van der Waals surface area contributed by atoms with Gasteiger partial charge in [0.2, 0.25) is 5.91 Å². The van der Waals surface area contributed by atoms with Crippen molar-refractivity contribution in [2.24, 2.45) is 0 Å². The molecule has 1 aliphatic carbocycles. The molecule has 2 amide bonds. The number of halogens is 1. The van der Waals surface area contributed by atoms with Crippen LogP contribution in [0.5, 0.6) is 0 Å². The quantitative estimate of drug-likeness (QED) is 0.673. The Hall–Kier alpha value is -3.69. The van der Waals surface area contributed by atoms with Crippen molar-refractivity contribution in [1.29, 1.82) is 0 Å². The molecule has 10 heteroatoms. The van der Waals surface area contributed by atoms with E-state index in [2.05, 4.69) is 4.98 Å². The Morgan fingerprint density at radius 2 is 1.77 bits per heavy atom. The molecule has 3 aliphatic heterocycles. The number of likely N-dealkylation sites (tertiary alicyclic amines) is 1. The van der Waals surface area contributed by atoms with E-state index in [1.165, 1.54) is 17.2 Å². The van der Waals surface area contributed by atoms with Gasteiger partial charge in [-0.25, -0.2) is 14.0 Å². The molecule has 1 aromatic carbocycles. The highest BCUT2D eigenvalue weighted by Gasteiger charge is 2.58. The largest absolute Gasteiger partial charge is 0.465 e. The number of hydrogen-bond donors (Lipinski definition) is 1. The van der Waals surface area contributed by atoms with Gasteiger partial charge in [0.25, 0.3) is 0 Å². The Bertz CT molecular complexity index is 1240. The normalized spacial score (nSPS) is 24.5. The second-order valence-corrected chi connectivity index (χ2v) is 9.78. The van der Waals surface area contributed by atoms with Crippen molar-refractivity contribution in [2.45, 2.75) is 30.3 Å². The first-order chi connectivity index (χ1) is 16.8. The van der Waals surface area contributed by atoms with Crippen LogP contribution in [-0.2, 0) is 20.5 Å². The summed E-state index contributed by atoms with van der Waals surface area (Å²) in [5.74, 6) is -0.976. The SMILES string of the molecule is O=C1OC2(CCN(C(=O)C3(c4ccc(N5CCN(C(=O)O)CC5)cc4F)CC3)C2)c2ccncc21. The summed E-state index contributed by atoms with van der Waals surface area (Å²) in [6.07, 6.45) is 3.82. The topological polar surface area (TPSA) is 103 Å². The van der Waals surface area contributed by atoms with E-state index in [4.69, 9.17) is 9.84 Å². The number of anilines is 1. The van der Waals surface area contributed by atoms with E-state index >= 15 is 4.39 Å². The van der Waals surface area contributed by atoms with Crippen LogP contribution in [0.1, 0.15) is 40.7 Å². The van der Waals surface area contributed by atoms with Gasteiger partial charge in [0, 0.05) is 68.4 Å². The fourth-order valence-electron chi connectivity index (χ4n) is 5.77. The predicted molar refractivity (Wildman–Crippen MR) is 122 cm³/mol. The highest BCUT2D eigenvalue weighted by Crippen LogP contribution is 2.53. The van der Waals surface area contributed by atoms with Crippen molar-refractivity contribution in [1.82, 2.24) is 14.8 Å². The Morgan fingerprint density at radius 1 is 1.00 bits per heavy atom. The predicted octanol–water partition coefficient (Wildman–Crippen LogP) is 2.35. The lowest BCUT2D eigenvalue weighted by atomic mass is 9.92. The van der Waals surface area contributed by atoms with Crippen molar-refractivity contribution in [3.63, 3.8) is 0 Å². The number of fused-ring (bicyclic) bond motifs is 2. The van der Waals surface area contributed by atoms with Crippen LogP contribution in [0.15, 0.2) is 36.7 Å². The van der Waals surface area contributed by atoms with Gasteiger partial charge in [0.1, 0.15) is 5.82 Å². The molecule has 4 heterocycles. The molecule has 35 heavy (non-hydrogen) atoms. The molecule has 182 valence electrons. The highest BCUT2D eigenvalue weighted by molar-refractivity contribution is 5.95. The summed E-state index contributed by atoms with van der Waals surface area (Å²) in [6.45, 7) is 2.39. The van der Waals surface area contributed by atoms with Crippen LogP contribution in [0.25, 0.3) is 0 Å². The molecule has 3 fully saturated rings. The van der Waals surface area contributed by atoms with E-state index < -0.39 is 28.9 Å². The van der Waals surface area contributed by atoms with Crippen LogP contribution < -0.4 is 4.90 Å². The number of pyridine rings is 1. The summed E-state index contributed by atoms with van der Waals surface area (Å²) in [4.78, 5) is 46.1. The molecule has 9 nitrogen and oxygen atoms in total. The summed E-state index contributed by atoms with van der Waals surface area (Å²) >= 11 is 0. The third-order valence-electron chi connectivity index (χ3n) is 7.88. The molecule has 0 bridgehead atoms. The van der Waals surface area contributed by atoms with E-state index in [9.17, 15) is 14.4 Å². The molecule has 4 aliphatic rings. The maximum atomic E-state index is 15.4. The average Bonchev–Trinajstić information content (AvgIpc) is 3.48. The summed E-state index contributed by atoms with van der Waals surface area (Å²) in [7, 11) is 0. The summed E-state index contributed by atoms with van der Waals surface area (Å²) < 4.78 is 21.1. The minimum atomic E-state index is -0.948. The molecule has 1 unspecified atom stereocenters. The van der Waals surface area contributed by atoms with Gasteiger partial charge in [0.15, 0.2) is 5.60 Å². The van der Waals surface area contributed by atoms with Crippen LogP contribution in [0.4, 0.5) is 14.9 Å². The fourth-order valence-corrected chi connectivity index (χ4v) is 5.77. The van der Waals surface area contributed by atoms with Crippen molar-refractivity contribution < 1.29 is 28.6 Å². The molecule has 2 aromatic rings. The van der Waals surface area contributed by atoms with Gasteiger partial charge in [-0.3, -0.25) is 9.78 Å². The molecule has 6 rings (SSSR count). The Morgan fingerprint density at radius 3 is 2.46 bits per heavy atom. The number of carbonyl (C=O) groups excluding carboxylic acids is 2. The number of amides is 2. The number of carbonyl (C=O) groups is 3. The molecular weight excluding hydrogens is 455 g/mol. The Labute approximate surface area is 201 Å². The van der Waals surface area contributed by atoms with Crippen LogP contribution in [0.3, 0.4) is 0 Å². The summed E-state index contributed by atoms with van der Waals surface area (Å²) in [6, 6.07) is 6.74. The van der Waals surface area contributed by atoms with Gasteiger partial charge in [-0.1, -0.05) is 6.07 Å². The molecule has 1 atom stereocenters. The lowest BCUT2D eigenvalue weighted by molar-refractivity contribution is -0.134. The first kappa shape index (κ1) is 21.8. The van der Waals surface area contributed by atoms with Gasteiger partial charge in [-0.2, -0.15) is 0 Å². The van der Waals surface area contributed by atoms with Gasteiger partial charge >= 0.3 is 12.1 Å². The van der Waals surface area contributed by atoms with Crippen LogP contribution in [0, 0.1) is 5.82 Å². The fraction of sp³-hybridized carbons (Fsp3) is 0.440. The number of hydrogen-bond acceptors (Lipinski definition) is 6. The second kappa shape index (κ2) is 7.66. The minimum Gasteiger partial charge on any atom is -0.465 e. The van der Waals surface area contributed by atoms with Crippen molar-refractivity contribution in [3.8, 4) is 0 Å². The monoisotopic (exact) mass is 480 g/mol. The number of benzene rings is 1. The number of piperazine rings is 1. The van der Waals surface area contributed by atoms with E-state index in [0.717, 1.165) is 5.56 Å². The van der Waals surface area contributed by atoms with Crippen molar-refractivity contribution >= 4 is 23.7 Å². The highest BCUT2D eigenvalue weighted by atomic mass is 19.1. The molecule has 1 N–H and O–H groups in total. The third kappa shape index (κ3) is 3.34. The van der Waals surface area contributed by atoms with Crippen LogP contribution in [0.2, 0.25) is 0 Å². The van der Waals surface area contributed by atoms with Gasteiger partial charge in [0.05, 0.1) is 17.5 Å². The Balaban J connectivity index is 1.20. The maximum Gasteiger partial charge on any atom is 0.407 e. The zero-order chi connectivity index (χ0) is 24.4. The zero-order valence-corrected chi connectivity index (χ0v) is 19.1. The lowest BCUT2D eigenvalue weighted by Crippen LogP contribution is -2.48. The van der Waals surface area contributed by atoms with Crippen LogP contribution >= 0.6 is 0 Å². The molecule has 2 saturated heterocycles. The summed E-state index contributed by atoms with van der Waals surface area (Å²) in [5, 5.41) is 9.13. The molecule has 1 aromatic heterocycles. The number of nitrogens with zero attached hydrogens (tertiary/aromatic N) is 4. The first-order valence-electron chi connectivity index (χ1n) is 11.8. The molecular formula is C25H25FN4O5. The maximum absolute atomic E-state index is 15.4. The number of carboxylic acid groups (broad SMARTS) is 1. The number of rotatable bonds is 3. The van der Waals surface area contributed by atoms with Gasteiger partial charge < -0.3 is 24.5 Å². The molecule has 1 spiro atoms. The summed E-state index contributed by atoms with van der Waals surface area (Å²) in [5.41, 5.74) is 0.526. The smallest absolute Gasteiger partial charge is 0.407 e. The second-order valence-electron chi connectivity index (χ2n) is 9.78. The van der Waals surface area contributed by atoms with E-state index in [0.29, 0.717) is 68.8 Å². The average molecular weight is 480 g/mol. The molecule has 0 radical (unpaired) electrons. The standard InChI is InChI=1S/C25H25FN4O5/c26-20-13-16(28-9-11-29(12-10-28)23(33)34)1-2-19(20)24(4-5-24)22(32)30-8-6-25(15-30)18-3-7-27-14-17(18)21(31)35-25/h1-3,7,13-14H,4-6,8-12,15H2,(H,33,34). The zero-order valence-electron chi connectivity index (χ0n) is 19.1. The number of esters is 1. The van der Waals surface area contributed by atoms with E-state index in [-0.39, 0.29) is 12.5 Å². The minimum absolute atomic E-state index is 0.130. The van der Waals surface area contributed by atoms with Gasteiger partial charge in [-0.05, 0) is 31.0 Å². The Kier molecular flexibility index (Phi) is 4.77. The third-order valence-corrected chi connectivity index (χ3v) is 7.88. The molecule has 1 saturated carbocycles. The van der Waals surface area contributed by atoms with Crippen molar-refractivity contribution in [3.05, 3.63) is 59.2 Å². The van der Waals surface area contributed by atoms with E-state index in [1.807, 2.05) is 11.0 Å². The first-order valence-corrected chi connectivity index (χ1v) is 11.8. The number of aromatic nitrogens is 1. The van der Waals surface area contributed by atoms with Crippen molar-refractivity contribution in [2.75, 3.05) is 44.2 Å². The van der Waals surface area contributed by atoms with E-state index in [1.54, 1.807) is 23.2 Å². The van der Waals surface area contributed by atoms with Gasteiger partial charge in [-0.15, -0.1) is 0 Å². The number of ether oxygens (including phenoxy) is 1.